The van der Waals surface area contributed by atoms with E-state index >= 15 is 0 Å². The number of nitrogens with zero attached hydrogens (tertiary/aromatic N) is 1. The first-order valence-corrected chi connectivity index (χ1v) is 7.75. The van der Waals surface area contributed by atoms with Gasteiger partial charge < -0.3 is 5.11 Å². The zero-order chi connectivity index (χ0) is 17.9. The maximum Gasteiger partial charge on any atom is 0.422 e. The Kier molecular flexibility index (Phi) is 4.59. The van der Waals surface area contributed by atoms with E-state index in [2.05, 4.69) is 4.98 Å². The fourth-order valence-electron chi connectivity index (χ4n) is 3.00. The number of rotatable bonds is 4. The molecule has 0 amide bonds. The van der Waals surface area contributed by atoms with Crippen molar-refractivity contribution in [3.8, 4) is 0 Å². The lowest BCUT2D eigenvalue weighted by Crippen LogP contribution is -2.48. The molecule has 2 atom stereocenters. The molecular weight excluding hydrogens is 327 g/mol. The summed E-state index contributed by atoms with van der Waals surface area (Å²) in [4.78, 5) is 4.10. The van der Waals surface area contributed by atoms with Crippen LogP contribution >= 0.6 is 0 Å². The molecule has 2 aromatic carbocycles. The molecule has 1 N–H and O–H groups in total. The third-order valence-electron chi connectivity index (χ3n) is 4.18. The lowest BCUT2D eigenvalue weighted by molar-refractivity contribution is -0.272. The van der Waals surface area contributed by atoms with Crippen molar-refractivity contribution in [1.29, 1.82) is 0 Å². The summed E-state index contributed by atoms with van der Waals surface area (Å²) in [5.41, 5.74) is -2.84. The fourth-order valence-corrected chi connectivity index (χ4v) is 3.00. The summed E-state index contributed by atoms with van der Waals surface area (Å²) in [6.45, 7) is 0. The first-order valence-electron chi connectivity index (χ1n) is 7.75. The predicted octanol–water partition coefficient (Wildman–Crippen LogP) is 4.66. The monoisotopic (exact) mass is 343 g/mol. The summed E-state index contributed by atoms with van der Waals surface area (Å²) >= 11 is 0. The highest BCUT2D eigenvalue weighted by Crippen LogP contribution is 2.50. The molecule has 3 rings (SSSR count). The van der Waals surface area contributed by atoms with Crippen LogP contribution in [0.25, 0.3) is 0 Å². The van der Waals surface area contributed by atoms with Crippen molar-refractivity contribution in [2.45, 2.75) is 17.7 Å². The molecule has 3 aromatic rings. The highest BCUT2D eigenvalue weighted by atomic mass is 19.4. The maximum absolute atomic E-state index is 14.1. The van der Waals surface area contributed by atoms with Crippen LogP contribution in [0.2, 0.25) is 0 Å². The van der Waals surface area contributed by atoms with Gasteiger partial charge in [-0.15, -0.1) is 0 Å². The number of hydrogen-bond donors (Lipinski definition) is 1. The highest BCUT2D eigenvalue weighted by molar-refractivity contribution is 5.39. The van der Waals surface area contributed by atoms with Gasteiger partial charge in [0.25, 0.3) is 0 Å². The van der Waals surface area contributed by atoms with Crippen LogP contribution in [0.15, 0.2) is 85.1 Å². The molecule has 0 spiro atoms. The van der Waals surface area contributed by atoms with Crippen LogP contribution in [-0.4, -0.2) is 16.3 Å². The van der Waals surface area contributed by atoms with Gasteiger partial charge in [-0.1, -0.05) is 66.7 Å². The Bertz CT molecular complexity index is 767. The average Bonchev–Trinajstić information content (AvgIpc) is 2.63. The molecule has 0 saturated heterocycles. The van der Waals surface area contributed by atoms with E-state index in [0.717, 1.165) is 0 Å². The van der Waals surface area contributed by atoms with Crippen molar-refractivity contribution in [2.24, 2.45) is 0 Å². The van der Waals surface area contributed by atoms with Gasteiger partial charge in [0.15, 0.2) is 5.60 Å². The van der Waals surface area contributed by atoms with E-state index in [1.807, 2.05) is 0 Å². The van der Waals surface area contributed by atoms with E-state index in [9.17, 15) is 18.3 Å². The van der Waals surface area contributed by atoms with Crippen LogP contribution in [0.3, 0.4) is 0 Å². The molecule has 25 heavy (non-hydrogen) atoms. The molecule has 128 valence electrons. The van der Waals surface area contributed by atoms with Crippen LogP contribution in [-0.2, 0) is 5.60 Å². The van der Waals surface area contributed by atoms with Gasteiger partial charge in [-0.3, -0.25) is 4.98 Å². The molecule has 0 aliphatic carbocycles. The smallest absolute Gasteiger partial charge is 0.376 e. The second-order valence-corrected chi connectivity index (χ2v) is 5.73. The van der Waals surface area contributed by atoms with Crippen LogP contribution in [0.4, 0.5) is 13.2 Å². The summed E-state index contributed by atoms with van der Waals surface area (Å²) in [5.74, 6) is -1.39. The second-order valence-electron chi connectivity index (χ2n) is 5.73. The number of benzene rings is 2. The van der Waals surface area contributed by atoms with Gasteiger partial charge in [0.05, 0.1) is 11.6 Å². The predicted molar refractivity (Wildman–Crippen MR) is 88.9 cm³/mol. The summed E-state index contributed by atoms with van der Waals surface area (Å²) in [6, 6.07) is 20.0. The standard InChI is InChI=1S/C20H16F3NO/c21-20(22,23)19(25,16-11-5-2-6-12-16)18(15-9-3-1-4-10-15)17-13-7-8-14-24-17/h1-14,18,25H. The van der Waals surface area contributed by atoms with E-state index in [-0.39, 0.29) is 11.3 Å². The Hall–Kier alpha value is -2.66. The third kappa shape index (κ3) is 3.15. The van der Waals surface area contributed by atoms with Crippen molar-refractivity contribution in [1.82, 2.24) is 4.98 Å². The van der Waals surface area contributed by atoms with Crippen LogP contribution in [0.5, 0.6) is 0 Å². The lowest BCUT2D eigenvalue weighted by atomic mass is 9.74. The minimum Gasteiger partial charge on any atom is -0.376 e. The quantitative estimate of drug-likeness (QED) is 0.747. The Morgan fingerprint density at radius 2 is 1.32 bits per heavy atom. The summed E-state index contributed by atoms with van der Waals surface area (Å²) < 4.78 is 42.4. The first kappa shape index (κ1) is 17.2. The fraction of sp³-hybridized carbons (Fsp3) is 0.150. The van der Waals surface area contributed by atoms with Crippen molar-refractivity contribution in [3.05, 3.63) is 102 Å². The van der Waals surface area contributed by atoms with E-state index in [0.29, 0.717) is 5.56 Å². The van der Waals surface area contributed by atoms with Gasteiger partial charge in [-0.25, -0.2) is 0 Å². The van der Waals surface area contributed by atoms with E-state index in [4.69, 9.17) is 0 Å². The van der Waals surface area contributed by atoms with Crippen LogP contribution in [0.1, 0.15) is 22.7 Å². The van der Waals surface area contributed by atoms with Gasteiger partial charge in [0.2, 0.25) is 0 Å². The van der Waals surface area contributed by atoms with Gasteiger partial charge >= 0.3 is 6.18 Å². The Morgan fingerprint density at radius 1 is 0.760 bits per heavy atom. The molecule has 0 bridgehead atoms. The number of aliphatic hydroxyl groups is 1. The van der Waals surface area contributed by atoms with Crippen molar-refractivity contribution < 1.29 is 18.3 Å². The average molecular weight is 343 g/mol. The van der Waals surface area contributed by atoms with Crippen LogP contribution in [0, 0.1) is 0 Å². The molecule has 5 heteroatoms. The topological polar surface area (TPSA) is 33.1 Å². The van der Waals surface area contributed by atoms with Gasteiger partial charge in [-0.05, 0) is 23.3 Å². The molecule has 0 fully saturated rings. The summed E-state index contributed by atoms with van der Waals surface area (Å²) in [5, 5.41) is 11.0. The highest BCUT2D eigenvalue weighted by Gasteiger charge is 2.60. The second kappa shape index (κ2) is 6.69. The van der Waals surface area contributed by atoms with Gasteiger partial charge in [0.1, 0.15) is 0 Å². The molecular formula is C20H16F3NO. The number of alkyl halides is 3. The van der Waals surface area contributed by atoms with E-state index in [1.54, 1.807) is 48.5 Å². The Balaban J connectivity index is 2.29. The number of hydrogen-bond acceptors (Lipinski definition) is 2. The molecule has 1 heterocycles. The van der Waals surface area contributed by atoms with E-state index < -0.39 is 17.7 Å². The zero-order valence-electron chi connectivity index (χ0n) is 13.2. The van der Waals surface area contributed by atoms with Gasteiger partial charge in [-0.2, -0.15) is 13.2 Å². The largest absolute Gasteiger partial charge is 0.422 e. The normalized spacial score (nSPS) is 15.4. The minimum absolute atomic E-state index is 0.150. The first-order chi connectivity index (χ1) is 11.9. The van der Waals surface area contributed by atoms with Gasteiger partial charge in [0, 0.05) is 6.20 Å². The number of halogens is 3. The zero-order valence-corrected chi connectivity index (χ0v) is 13.2. The molecule has 0 aliphatic rings. The molecule has 1 aromatic heterocycles. The van der Waals surface area contributed by atoms with Crippen molar-refractivity contribution >= 4 is 0 Å². The Labute approximate surface area is 143 Å². The maximum atomic E-state index is 14.1. The number of aromatic nitrogens is 1. The molecule has 0 aliphatic heterocycles. The minimum atomic E-state index is -4.90. The van der Waals surface area contributed by atoms with Crippen molar-refractivity contribution in [3.63, 3.8) is 0 Å². The lowest BCUT2D eigenvalue weighted by Gasteiger charge is -2.38. The molecule has 0 radical (unpaired) electrons. The third-order valence-corrected chi connectivity index (χ3v) is 4.18. The Morgan fingerprint density at radius 3 is 1.84 bits per heavy atom. The van der Waals surface area contributed by atoms with Crippen LogP contribution < -0.4 is 0 Å². The SMILES string of the molecule is OC(c1ccccc1)(C(c1ccccc1)c1ccccn1)C(F)(F)F. The molecule has 0 saturated carbocycles. The molecule has 2 nitrogen and oxygen atoms in total. The number of pyridine rings is 1. The summed E-state index contributed by atoms with van der Waals surface area (Å²) in [7, 11) is 0. The summed E-state index contributed by atoms with van der Waals surface area (Å²) in [6.07, 6.45) is -3.47. The molecule has 2 unspecified atom stereocenters. The van der Waals surface area contributed by atoms with Crippen molar-refractivity contribution in [2.75, 3.05) is 0 Å². The van der Waals surface area contributed by atoms with E-state index in [1.165, 1.54) is 36.5 Å².